The molecule has 2 aromatic heterocycles. The van der Waals surface area contributed by atoms with Gasteiger partial charge in [-0.15, -0.1) is 0 Å². The number of piperidine rings is 1. The van der Waals surface area contributed by atoms with E-state index in [1.165, 1.54) is 24.8 Å². The van der Waals surface area contributed by atoms with Crippen LogP contribution in [0.2, 0.25) is 0 Å². The number of hydrogen-bond donors (Lipinski definition) is 0. The Kier molecular flexibility index (Phi) is 3.25. The maximum absolute atomic E-state index is 4.59. The van der Waals surface area contributed by atoms with E-state index in [9.17, 15) is 0 Å². The van der Waals surface area contributed by atoms with Gasteiger partial charge < -0.3 is 4.90 Å². The predicted molar refractivity (Wildman–Crippen MR) is 87.5 cm³/mol. The summed E-state index contributed by atoms with van der Waals surface area (Å²) in [5, 5.41) is 0. The molecule has 0 amide bonds. The fraction of sp³-hybridized carbons (Fsp3) is 0.353. The van der Waals surface area contributed by atoms with Gasteiger partial charge in [0.1, 0.15) is 12.7 Å². The van der Waals surface area contributed by atoms with Gasteiger partial charge in [-0.25, -0.2) is 15.0 Å². The maximum atomic E-state index is 4.59. The van der Waals surface area contributed by atoms with Crippen molar-refractivity contribution in [1.82, 2.24) is 19.5 Å². The first-order chi connectivity index (χ1) is 10.8. The highest BCUT2D eigenvalue weighted by Crippen LogP contribution is 2.26. The number of aromatic nitrogens is 4. The molecule has 3 heterocycles. The average molecular weight is 293 g/mol. The van der Waals surface area contributed by atoms with E-state index >= 15 is 0 Å². The minimum atomic E-state index is 0.874. The van der Waals surface area contributed by atoms with Gasteiger partial charge >= 0.3 is 0 Å². The lowest BCUT2D eigenvalue weighted by Crippen LogP contribution is -2.30. The Hall–Kier alpha value is -2.43. The minimum Gasteiger partial charge on any atom is -0.355 e. The van der Waals surface area contributed by atoms with Crippen LogP contribution in [0.1, 0.15) is 24.8 Å². The zero-order chi connectivity index (χ0) is 14.9. The van der Waals surface area contributed by atoms with Crippen LogP contribution in [-0.4, -0.2) is 32.6 Å². The van der Waals surface area contributed by atoms with Crippen LogP contribution < -0.4 is 4.90 Å². The smallest absolute Gasteiger partial charge is 0.170 e. The molecule has 112 valence electrons. The number of nitrogens with zero attached hydrogens (tertiary/aromatic N) is 5. The highest BCUT2D eigenvalue weighted by Gasteiger charge is 2.18. The van der Waals surface area contributed by atoms with Crippen LogP contribution in [0.5, 0.6) is 0 Å². The Morgan fingerprint density at radius 2 is 1.68 bits per heavy atom. The van der Waals surface area contributed by atoms with E-state index in [1.807, 2.05) is 10.9 Å². The highest BCUT2D eigenvalue weighted by molar-refractivity contribution is 5.84. The molecule has 0 atom stereocenters. The molecule has 5 heteroatoms. The predicted octanol–water partition coefficient (Wildman–Crippen LogP) is 3.11. The van der Waals surface area contributed by atoms with Gasteiger partial charge in [-0.05, 0) is 38.3 Å². The lowest BCUT2D eigenvalue weighted by atomic mass is 10.1. The Morgan fingerprint density at radius 1 is 0.909 bits per heavy atom. The van der Waals surface area contributed by atoms with Gasteiger partial charge in [0.25, 0.3) is 0 Å². The summed E-state index contributed by atoms with van der Waals surface area (Å²) < 4.78 is 2.03. The minimum absolute atomic E-state index is 0.874. The summed E-state index contributed by atoms with van der Waals surface area (Å²) in [7, 11) is 0. The average Bonchev–Trinajstić information content (AvgIpc) is 3.00. The zero-order valence-corrected chi connectivity index (χ0v) is 12.7. The van der Waals surface area contributed by atoms with Crippen molar-refractivity contribution < 1.29 is 0 Å². The van der Waals surface area contributed by atoms with Gasteiger partial charge in [0, 0.05) is 18.8 Å². The third kappa shape index (κ3) is 2.22. The molecule has 1 aromatic carbocycles. The molecule has 22 heavy (non-hydrogen) atoms. The second-order valence-electron chi connectivity index (χ2n) is 5.87. The summed E-state index contributed by atoms with van der Waals surface area (Å²) in [4.78, 5) is 15.9. The Bertz CT molecular complexity index is 784. The van der Waals surface area contributed by atoms with Crippen LogP contribution in [0, 0.1) is 6.92 Å². The fourth-order valence-electron chi connectivity index (χ4n) is 3.05. The van der Waals surface area contributed by atoms with E-state index in [1.54, 1.807) is 6.33 Å². The summed E-state index contributed by atoms with van der Waals surface area (Å²) in [5.74, 6) is 0.968. The largest absolute Gasteiger partial charge is 0.355 e. The van der Waals surface area contributed by atoms with Crippen molar-refractivity contribution in [3.05, 3.63) is 42.5 Å². The standard InChI is InChI=1S/C17H19N5/c1-13-5-7-14(8-6-13)22-12-20-15-16(18-11-19-17(15)22)21-9-3-2-4-10-21/h5-8,11-12H,2-4,9-10H2,1H3. The maximum Gasteiger partial charge on any atom is 0.170 e. The summed E-state index contributed by atoms with van der Waals surface area (Å²) in [6.07, 6.45) is 7.26. The van der Waals surface area contributed by atoms with Gasteiger partial charge in [0.05, 0.1) is 0 Å². The number of anilines is 1. The lowest BCUT2D eigenvalue weighted by molar-refractivity contribution is 0.574. The second kappa shape index (κ2) is 5.40. The normalized spacial score (nSPS) is 15.4. The molecule has 1 aliphatic heterocycles. The van der Waals surface area contributed by atoms with Crippen molar-refractivity contribution in [2.45, 2.75) is 26.2 Å². The summed E-state index contributed by atoms with van der Waals surface area (Å²) in [6, 6.07) is 8.40. The molecule has 0 radical (unpaired) electrons. The molecule has 1 aliphatic rings. The quantitative estimate of drug-likeness (QED) is 0.728. The van der Waals surface area contributed by atoms with Gasteiger partial charge in [-0.2, -0.15) is 0 Å². The molecule has 0 bridgehead atoms. The van der Waals surface area contributed by atoms with Crippen LogP contribution in [0.3, 0.4) is 0 Å². The lowest BCUT2D eigenvalue weighted by Gasteiger charge is -2.27. The van der Waals surface area contributed by atoms with Crippen molar-refractivity contribution in [2.24, 2.45) is 0 Å². The van der Waals surface area contributed by atoms with E-state index in [-0.39, 0.29) is 0 Å². The third-order valence-corrected chi connectivity index (χ3v) is 4.28. The Morgan fingerprint density at radius 3 is 2.45 bits per heavy atom. The molecule has 5 nitrogen and oxygen atoms in total. The summed E-state index contributed by atoms with van der Waals surface area (Å²) in [5.41, 5.74) is 4.09. The van der Waals surface area contributed by atoms with E-state index in [4.69, 9.17) is 0 Å². The van der Waals surface area contributed by atoms with Crippen molar-refractivity contribution in [3.63, 3.8) is 0 Å². The zero-order valence-electron chi connectivity index (χ0n) is 12.7. The molecular weight excluding hydrogens is 274 g/mol. The number of aryl methyl sites for hydroxylation is 1. The van der Waals surface area contributed by atoms with Crippen molar-refractivity contribution in [3.8, 4) is 5.69 Å². The number of benzene rings is 1. The van der Waals surface area contributed by atoms with Crippen LogP contribution >= 0.6 is 0 Å². The van der Waals surface area contributed by atoms with E-state index in [0.717, 1.165) is 35.8 Å². The molecule has 0 saturated carbocycles. The molecular formula is C17H19N5. The summed E-state index contributed by atoms with van der Waals surface area (Å²) >= 11 is 0. The molecule has 0 N–H and O–H groups in total. The molecule has 1 saturated heterocycles. The number of rotatable bonds is 2. The highest BCUT2D eigenvalue weighted by atomic mass is 15.2. The van der Waals surface area contributed by atoms with Crippen molar-refractivity contribution >= 4 is 17.0 Å². The first-order valence-electron chi connectivity index (χ1n) is 7.83. The first kappa shape index (κ1) is 13.2. The number of hydrogen-bond acceptors (Lipinski definition) is 4. The fourth-order valence-corrected chi connectivity index (χ4v) is 3.05. The molecule has 4 rings (SSSR count). The number of fused-ring (bicyclic) bond motifs is 1. The Balaban J connectivity index is 1.80. The molecule has 0 spiro atoms. The number of imidazole rings is 1. The van der Waals surface area contributed by atoms with E-state index in [0.29, 0.717) is 0 Å². The second-order valence-corrected chi connectivity index (χ2v) is 5.87. The molecule has 0 unspecified atom stereocenters. The summed E-state index contributed by atoms with van der Waals surface area (Å²) in [6.45, 7) is 4.21. The van der Waals surface area contributed by atoms with E-state index < -0.39 is 0 Å². The first-order valence-corrected chi connectivity index (χ1v) is 7.83. The van der Waals surface area contributed by atoms with Crippen molar-refractivity contribution in [2.75, 3.05) is 18.0 Å². The Labute approximate surface area is 129 Å². The third-order valence-electron chi connectivity index (χ3n) is 4.28. The van der Waals surface area contributed by atoms with Gasteiger partial charge in [-0.1, -0.05) is 17.7 Å². The van der Waals surface area contributed by atoms with Gasteiger partial charge in [-0.3, -0.25) is 4.57 Å². The molecule has 3 aromatic rings. The molecule has 0 aliphatic carbocycles. The van der Waals surface area contributed by atoms with Crippen LogP contribution in [0.15, 0.2) is 36.9 Å². The monoisotopic (exact) mass is 293 g/mol. The topological polar surface area (TPSA) is 46.8 Å². The van der Waals surface area contributed by atoms with Crippen LogP contribution in [-0.2, 0) is 0 Å². The van der Waals surface area contributed by atoms with E-state index in [2.05, 4.69) is 51.0 Å². The van der Waals surface area contributed by atoms with Crippen LogP contribution in [0.4, 0.5) is 5.82 Å². The van der Waals surface area contributed by atoms with Crippen molar-refractivity contribution in [1.29, 1.82) is 0 Å². The van der Waals surface area contributed by atoms with Crippen LogP contribution in [0.25, 0.3) is 16.9 Å². The SMILES string of the molecule is Cc1ccc(-n2cnc3c(N4CCCCC4)ncnc32)cc1. The molecule has 1 fully saturated rings. The van der Waals surface area contributed by atoms with Gasteiger partial charge in [0.2, 0.25) is 0 Å². The van der Waals surface area contributed by atoms with Gasteiger partial charge in [0.15, 0.2) is 17.0 Å².